The lowest BCUT2D eigenvalue weighted by Crippen LogP contribution is -2.11. The SMILES string of the molecule is c1ccc(-c2ccc(N(c3ccc(-c4ccccc4)c(-c4cccc5ccccc45)c3)c3cccc4ccccc34)cc2-c2cccc3ccccc23)cc1. The number of anilines is 3. The Morgan fingerprint density at radius 1 is 0.236 bits per heavy atom. The van der Waals surface area contributed by atoms with E-state index in [1.54, 1.807) is 0 Å². The molecular formula is C54H37N. The highest BCUT2D eigenvalue weighted by Gasteiger charge is 2.21. The van der Waals surface area contributed by atoms with Gasteiger partial charge in [-0.3, -0.25) is 0 Å². The Hall–Kier alpha value is -7.22. The van der Waals surface area contributed by atoms with Gasteiger partial charge in [-0.1, -0.05) is 194 Å². The van der Waals surface area contributed by atoms with Crippen LogP contribution >= 0.6 is 0 Å². The monoisotopic (exact) mass is 699 g/mol. The van der Waals surface area contributed by atoms with Crippen LogP contribution < -0.4 is 4.90 Å². The van der Waals surface area contributed by atoms with E-state index >= 15 is 0 Å². The molecule has 258 valence electrons. The minimum absolute atomic E-state index is 1.09. The van der Waals surface area contributed by atoms with E-state index in [0.29, 0.717) is 0 Å². The lowest BCUT2D eigenvalue weighted by molar-refractivity contribution is 1.30. The van der Waals surface area contributed by atoms with Gasteiger partial charge in [0.05, 0.1) is 5.69 Å². The van der Waals surface area contributed by atoms with E-state index in [1.165, 1.54) is 76.8 Å². The summed E-state index contributed by atoms with van der Waals surface area (Å²) in [4.78, 5) is 2.45. The van der Waals surface area contributed by atoms with Crippen LogP contribution in [0.15, 0.2) is 224 Å². The van der Waals surface area contributed by atoms with Gasteiger partial charge in [0.1, 0.15) is 0 Å². The molecule has 55 heavy (non-hydrogen) atoms. The van der Waals surface area contributed by atoms with Gasteiger partial charge in [0.2, 0.25) is 0 Å². The molecule has 0 aromatic heterocycles. The number of benzene rings is 10. The molecule has 0 atom stereocenters. The number of fused-ring (bicyclic) bond motifs is 3. The second-order valence-electron chi connectivity index (χ2n) is 14.1. The molecule has 0 heterocycles. The summed E-state index contributed by atoms with van der Waals surface area (Å²) in [7, 11) is 0. The Morgan fingerprint density at radius 2 is 0.618 bits per heavy atom. The molecule has 0 radical (unpaired) electrons. The highest BCUT2D eigenvalue weighted by molar-refractivity contribution is 6.05. The second kappa shape index (κ2) is 14.0. The maximum atomic E-state index is 2.45. The van der Waals surface area contributed by atoms with Gasteiger partial charge < -0.3 is 4.90 Å². The van der Waals surface area contributed by atoms with Crippen molar-refractivity contribution in [2.45, 2.75) is 0 Å². The fraction of sp³-hybridized carbons (Fsp3) is 0. The van der Waals surface area contributed by atoms with Crippen molar-refractivity contribution >= 4 is 49.4 Å². The summed E-state index contributed by atoms with van der Waals surface area (Å²) >= 11 is 0. The Labute approximate surface area is 322 Å². The predicted molar refractivity (Wildman–Crippen MR) is 235 cm³/mol. The maximum absolute atomic E-state index is 2.45. The van der Waals surface area contributed by atoms with E-state index in [0.717, 1.165) is 17.1 Å². The lowest BCUT2D eigenvalue weighted by atomic mass is 9.89. The van der Waals surface area contributed by atoms with Gasteiger partial charge in [0, 0.05) is 16.8 Å². The fourth-order valence-electron chi connectivity index (χ4n) is 8.28. The number of hydrogen-bond donors (Lipinski definition) is 0. The zero-order valence-corrected chi connectivity index (χ0v) is 30.3. The Bertz CT molecular complexity index is 2800. The lowest BCUT2D eigenvalue weighted by Gasteiger charge is -2.29. The summed E-state index contributed by atoms with van der Waals surface area (Å²) in [6.07, 6.45) is 0. The molecule has 0 bridgehead atoms. The zero-order valence-electron chi connectivity index (χ0n) is 30.3. The van der Waals surface area contributed by atoms with Gasteiger partial charge in [0.15, 0.2) is 0 Å². The summed E-state index contributed by atoms with van der Waals surface area (Å²) in [5.74, 6) is 0. The molecule has 0 unspecified atom stereocenters. The quantitative estimate of drug-likeness (QED) is 0.160. The fourth-order valence-corrected chi connectivity index (χ4v) is 8.28. The summed E-state index contributed by atoms with van der Waals surface area (Å²) in [6, 6.07) is 81.6. The zero-order chi connectivity index (χ0) is 36.6. The maximum Gasteiger partial charge on any atom is 0.0540 e. The standard InChI is InChI=1S/C54H37N/c1-3-16-38(17-4-1)47-34-32-43(36-52(47)50-29-13-23-40-20-7-10-26-45(40)50)55(54-31-15-25-42-22-9-12-28-49(42)54)44-33-35-48(39-18-5-2-6-19-39)53(37-44)51-30-14-24-41-21-8-11-27-46(41)51/h1-37H. The van der Waals surface area contributed by atoms with Crippen molar-refractivity contribution < 1.29 is 0 Å². The van der Waals surface area contributed by atoms with Crippen LogP contribution in [-0.4, -0.2) is 0 Å². The summed E-state index contributed by atoms with van der Waals surface area (Å²) in [5.41, 5.74) is 12.9. The molecule has 0 fully saturated rings. The van der Waals surface area contributed by atoms with Crippen LogP contribution in [0.1, 0.15) is 0 Å². The van der Waals surface area contributed by atoms with E-state index in [2.05, 4.69) is 229 Å². The summed E-state index contributed by atoms with van der Waals surface area (Å²) < 4.78 is 0. The van der Waals surface area contributed by atoms with E-state index in [1.807, 2.05) is 0 Å². The van der Waals surface area contributed by atoms with Crippen molar-refractivity contribution in [2.24, 2.45) is 0 Å². The molecule has 0 saturated carbocycles. The average molecular weight is 700 g/mol. The molecule has 1 heteroatoms. The highest BCUT2D eigenvalue weighted by atomic mass is 15.1. The second-order valence-corrected chi connectivity index (χ2v) is 14.1. The van der Waals surface area contributed by atoms with Crippen LogP contribution in [0.3, 0.4) is 0 Å². The van der Waals surface area contributed by atoms with Gasteiger partial charge in [0.25, 0.3) is 0 Å². The van der Waals surface area contributed by atoms with Crippen molar-refractivity contribution in [3.8, 4) is 44.5 Å². The third-order valence-electron chi connectivity index (χ3n) is 10.9. The van der Waals surface area contributed by atoms with E-state index in [-0.39, 0.29) is 0 Å². The molecule has 0 spiro atoms. The molecule has 10 aromatic rings. The largest absolute Gasteiger partial charge is 0.310 e. The Morgan fingerprint density at radius 3 is 1.11 bits per heavy atom. The van der Waals surface area contributed by atoms with E-state index in [9.17, 15) is 0 Å². The third kappa shape index (κ3) is 5.93. The molecule has 10 aromatic carbocycles. The molecule has 0 N–H and O–H groups in total. The van der Waals surface area contributed by atoms with Gasteiger partial charge >= 0.3 is 0 Å². The third-order valence-corrected chi connectivity index (χ3v) is 10.9. The van der Waals surface area contributed by atoms with Crippen molar-refractivity contribution in [3.63, 3.8) is 0 Å². The molecule has 0 amide bonds. The van der Waals surface area contributed by atoms with Crippen LogP contribution in [0.5, 0.6) is 0 Å². The minimum atomic E-state index is 1.09. The average Bonchev–Trinajstić information content (AvgIpc) is 3.27. The van der Waals surface area contributed by atoms with Crippen LogP contribution in [-0.2, 0) is 0 Å². The number of rotatable bonds is 7. The first-order valence-corrected chi connectivity index (χ1v) is 18.9. The van der Waals surface area contributed by atoms with Crippen molar-refractivity contribution in [3.05, 3.63) is 224 Å². The predicted octanol–water partition coefficient (Wildman–Crippen LogP) is 15.3. The molecule has 0 aliphatic rings. The van der Waals surface area contributed by atoms with Gasteiger partial charge in [-0.15, -0.1) is 0 Å². The highest BCUT2D eigenvalue weighted by Crippen LogP contribution is 2.46. The first-order valence-electron chi connectivity index (χ1n) is 18.9. The van der Waals surface area contributed by atoms with Crippen LogP contribution in [0.25, 0.3) is 76.8 Å². The van der Waals surface area contributed by atoms with E-state index in [4.69, 9.17) is 0 Å². The molecule has 0 aliphatic heterocycles. The Balaban J connectivity index is 1.27. The summed E-state index contributed by atoms with van der Waals surface area (Å²) in [5, 5.41) is 7.33. The molecule has 0 aliphatic carbocycles. The number of nitrogens with zero attached hydrogens (tertiary/aromatic N) is 1. The molecule has 1 nitrogen and oxygen atoms in total. The normalized spacial score (nSPS) is 11.3. The smallest absolute Gasteiger partial charge is 0.0540 e. The van der Waals surface area contributed by atoms with Crippen molar-refractivity contribution in [2.75, 3.05) is 4.90 Å². The van der Waals surface area contributed by atoms with Gasteiger partial charge in [-0.05, 0) is 102 Å². The Kier molecular flexibility index (Phi) is 8.24. The number of hydrogen-bond acceptors (Lipinski definition) is 1. The summed E-state index contributed by atoms with van der Waals surface area (Å²) in [6.45, 7) is 0. The first-order chi connectivity index (χ1) is 27.3. The van der Waals surface area contributed by atoms with Crippen LogP contribution in [0, 0.1) is 0 Å². The van der Waals surface area contributed by atoms with Crippen molar-refractivity contribution in [1.29, 1.82) is 0 Å². The van der Waals surface area contributed by atoms with Crippen LogP contribution in [0.2, 0.25) is 0 Å². The van der Waals surface area contributed by atoms with E-state index < -0.39 is 0 Å². The topological polar surface area (TPSA) is 3.24 Å². The van der Waals surface area contributed by atoms with Crippen molar-refractivity contribution in [1.82, 2.24) is 0 Å². The molecule has 0 saturated heterocycles. The first kappa shape index (κ1) is 32.4. The molecular weight excluding hydrogens is 663 g/mol. The minimum Gasteiger partial charge on any atom is -0.310 e. The van der Waals surface area contributed by atoms with Crippen LogP contribution in [0.4, 0.5) is 17.1 Å². The van der Waals surface area contributed by atoms with Gasteiger partial charge in [-0.2, -0.15) is 0 Å². The molecule has 10 rings (SSSR count). The van der Waals surface area contributed by atoms with Gasteiger partial charge in [-0.25, -0.2) is 0 Å².